The van der Waals surface area contributed by atoms with E-state index in [1.54, 1.807) is 6.20 Å². The Morgan fingerprint density at radius 3 is 3.00 bits per heavy atom. The van der Waals surface area contributed by atoms with Gasteiger partial charge < -0.3 is 9.45 Å². The van der Waals surface area contributed by atoms with Crippen molar-refractivity contribution >= 4 is 11.1 Å². The second kappa shape index (κ2) is 4.72. The lowest BCUT2D eigenvalue weighted by molar-refractivity contribution is -0.860. The predicted octanol–water partition coefficient (Wildman–Crippen LogP) is 0.933. The third-order valence-corrected chi connectivity index (χ3v) is 2.96. The van der Waals surface area contributed by atoms with Crippen LogP contribution >= 0.6 is 0 Å². The Balaban J connectivity index is 2.34. The van der Waals surface area contributed by atoms with Gasteiger partial charge >= 0.3 is 0 Å². The molecule has 0 saturated carbocycles. The molecule has 0 radical (unpaired) electrons. The second-order valence-electron chi connectivity index (χ2n) is 3.72. The van der Waals surface area contributed by atoms with E-state index in [0.29, 0.717) is 5.75 Å². The highest BCUT2D eigenvalue weighted by Crippen LogP contribution is 2.15. The van der Waals surface area contributed by atoms with Gasteiger partial charge in [-0.25, -0.2) is 4.21 Å². The van der Waals surface area contributed by atoms with Gasteiger partial charge in [-0.05, 0) is 0 Å². The van der Waals surface area contributed by atoms with Gasteiger partial charge in [-0.2, -0.15) is 0 Å². The van der Waals surface area contributed by atoms with E-state index >= 15 is 0 Å². The SMILES string of the molecule is C=CN1C=C[N+](C)(CCCS(=O)O)C1. The van der Waals surface area contributed by atoms with Gasteiger partial charge in [-0.15, -0.1) is 0 Å². The van der Waals surface area contributed by atoms with Gasteiger partial charge in [0.2, 0.25) is 0 Å². The van der Waals surface area contributed by atoms with Gasteiger partial charge in [0.05, 0.1) is 25.5 Å². The van der Waals surface area contributed by atoms with Crippen molar-refractivity contribution in [2.24, 2.45) is 0 Å². The van der Waals surface area contributed by atoms with E-state index in [2.05, 4.69) is 19.8 Å². The van der Waals surface area contributed by atoms with Crippen LogP contribution in [0.5, 0.6) is 0 Å². The van der Waals surface area contributed by atoms with Crippen LogP contribution in [0, 0.1) is 0 Å². The highest BCUT2D eigenvalue weighted by molar-refractivity contribution is 7.79. The lowest BCUT2D eigenvalue weighted by Gasteiger charge is -2.27. The molecule has 0 bridgehead atoms. The lowest BCUT2D eigenvalue weighted by Crippen LogP contribution is -2.41. The molecule has 14 heavy (non-hydrogen) atoms. The minimum atomic E-state index is -1.66. The topological polar surface area (TPSA) is 40.5 Å². The molecule has 0 aromatic rings. The lowest BCUT2D eigenvalue weighted by atomic mass is 10.4. The van der Waals surface area contributed by atoms with E-state index in [1.807, 2.05) is 11.1 Å². The molecule has 1 N–H and O–H groups in total. The van der Waals surface area contributed by atoms with Gasteiger partial charge in [0.25, 0.3) is 0 Å². The van der Waals surface area contributed by atoms with E-state index in [9.17, 15) is 4.21 Å². The minimum absolute atomic E-state index is 0.357. The summed E-state index contributed by atoms with van der Waals surface area (Å²) in [4.78, 5) is 2.01. The van der Waals surface area contributed by atoms with E-state index in [-0.39, 0.29) is 0 Å². The summed E-state index contributed by atoms with van der Waals surface area (Å²) < 4.78 is 19.9. The first kappa shape index (κ1) is 11.4. The zero-order valence-corrected chi connectivity index (χ0v) is 9.24. The van der Waals surface area contributed by atoms with Crippen molar-refractivity contribution in [3.63, 3.8) is 0 Å². The maximum atomic E-state index is 10.5. The summed E-state index contributed by atoms with van der Waals surface area (Å²) in [5.74, 6) is 0.357. The van der Waals surface area contributed by atoms with Gasteiger partial charge in [0, 0.05) is 12.6 Å². The first-order valence-corrected chi connectivity index (χ1v) is 5.83. The van der Waals surface area contributed by atoms with Crippen LogP contribution in [-0.2, 0) is 11.1 Å². The second-order valence-corrected chi connectivity index (χ2v) is 4.77. The fraction of sp³-hybridized carbons (Fsp3) is 0.556. The molecule has 0 aliphatic carbocycles. The zero-order chi connectivity index (χ0) is 10.6. The minimum Gasteiger partial charge on any atom is -0.306 e. The molecule has 0 aromatic carbocycles. The average Bonchev–Trinajstić information content (AvgIpc) is 2.47. The van der Waals surface area contributed by atoms with E-state index in [4.69, 9.17) is 4.55 Å². The van der Waals surface area contributed by atoms with E-state index < -0.39 is 11.1 Å². The number of rotatable bonds is 5. The Labute approximate surface area is 87.4 Å². The van der Waals surface area contributed by atoms with Crippen molar-refractivity contribution in [1.82, 2.24) is 4.90 Å². The average molecular weight is 217 g/mol. The van der Waals surface area contributed by atoms with Gasteiger partial charge in [-0.3, -0.25) is 4.48 Å². The molecule has 0 aromatic heterocycles. The molecule has 0 amide bonds. The molecule has 1 aliphatic heterocycles. The Hall–Kier alpha value is -0.650. The summed E-state index contributed by atoms with van der Waals surface area (Å²) in [5.41, 5.74) is 0. The van der Waals surface area contributed by atoms with Crippen molar-refractivity contribution < 1.29 is 13.2 Å². The molecular formula is C9H17N2O2S+. The number of hydrogen-bond acceptors (Lipinski definition) is 2. The number of hydrogen-bond donors (Lipinski definition) is 1. The third kappa shape index (κ3) is 3.25. The van der Waals surface area contributed by atoms with Crippen LogP contribution in [0.25, 0.3) is 0 Å². The fourth-order valence-corrected chi connectivity index (χ4v) is 1.90. The van der Waals surface area contributed by atoms with Crippen molar-refractivity contribution in [3.05, 3.63) is 25.2 Å². The molecule has 0 fully saturated rings. The number of nitrogens with zero attached hydrogens (tertiary/aromatic N) is 2. The van der Waals surface area contributed by atoms with Crippen LogP contribution in [0.2, 0.25) is 0 Å². The van der Waals surface area contributed by atoms with Crippen molar-refractivity contribution in [3.8, 4) is 0 Å². The molecule has 5 heteroatoms. The first-order chi connectivity index (χ1) is 6.56. The maximum Gasteiger partial charge on any atom is 0.162 e. The van der Waals surface area contributed by atoms with Crippen LogP contribution in [-0.4, -0.2) is 44.2 Å². The summed E-state index contributed by atoms with van der Waals surface area (Å²) in [7, 11) is 2.10. The van der Waals surface area contributed by atoms with Crippen molar-refractivity contribution in [2.45, 2.75) is 6.42 Å². The van der Waals surface area contributed by atoms with Gasteiger partial charge in [-0.1, -0.05) is 6.58 Å². The standard InChI is InChI=1S/C9H16N2O2S/c1-3-10-5-7-11(2,9-10)6-4-8-14(12)13/h3,5,7H,1,4,6,8-9H2,2H3/p+1. The Morgan fingerprint density at radius 2 is 2.50 bits per heavy atom. The fourth-order valence-electron chi connectivity index (χ4n) is 1.53. The molecule has 1 aliphatic rings. The van der Waals surface area contributed by atoms with Crippen molar-refractivity contribution in [1.29, 1.82) is 0 Å². The van der Waals surface area contributed by atoms with Gasteiger partial charge in [0.1, 0.15) is 6.20 Å². The first-order valence-electron chi connectivity index (χ1n) is 4.55. The highest BCUT2D eigenvalue weighted by Gasteiger charge is 2.25. The summed E-state index contributed by atoms with van der Waals surface area (Å²) in [6.07, 6.45) is 6.62. The molecule has 2 atom stereocenters. The molecule has 1 rings (SSSR count). The maximum absolute atomic E-state index is 10.5. The largest absolute Gasteiger partial charge is 0.306 e. The molecule has 0 spiro atoms. The predicted molar refractivity (Wildman–Crippen MR) is 57.3 cm³/mol. The van der Waals surface area contributed by atoms with Crippen molar-refractivity contribution in [2.75, 3.05) is 26.0 Å². The van der Waals surface area contributed by atoms with Crippen LogP contribution < -0.4 is 0 Å². The van der Waals surface area contributed by atoms with Crippen LogP contribution in [0.3, 0.4) is 0 Å². The molecule has 4 nitrogen and oxygen atoms in total. The summed E-state index contributed by atoms with van der Waals surface area (Å²) in [5, 5.41) is 0. The Morgan fingerprint density at radius 1 is 1.79 bits per heavy atom. The van der Waals surface area contributed by atoms with Crippen LogP contribution in [0.15, 0.2) is 25.2 Å². The molecule has 2 unspecified atom stereocenters. The van der Waals surface area contributed by atoms with Gasteiger partial charge in [0.15, 0.2) is 17.7 Å². The molecular weight excluding hydrogens is 200 g/mol. The zero-order valence-electron chi connectivity index (χ0n) is 8.43. The Bertz CT molecular complexity index is 268. The monoisotopic (exact) mass is 217 g/mol. The molecule has 0 saturated heterocycles. The van der Waals surface area contributed by atoms with Crippen LogP contribution in [0.1, 0.15) is 6.42 Å². The van der Waals surface area contributed by atoms with E-state index in [0.717, 1.165) is 24.1 Å². The third-order valence-electron chi connectivity index (χ3n) is 2.33. The molecule has 80 valence electrons. The quantitative estimate of drug-likeness (QED) is 0.550. The Kier molecular flexibility index (Phi) is 3.86. The number of quaternary nitrogens is 1. The summed E-state index contributed by atoms with van der Waals surface area (Å²) in [6.45, 7) is 5.44. The molecule has 1 heterocycles. The van der Waals surface area contributed by atoms with E-state index in [1.165, 1.54) is 0 Å². The highest BCUT2D eigenvalue weighted by atomic mass is 32.2. The summed E-state index contributed by atoms with van der Waals surface area (Å²) >= 11 is -1.66. The normalized spacial score (nSPS) is 28.0. The van der Waals surface area contributed by atoms with Crippen LogP contribution in [0.4, 0.5) is 0 Å². The smallest absolute Gasteiger partial charge is 0.162 e. The summed E-state index contributed by atoms with van der Waals surface area (Å²) in [6, 6.07) is 0.